The minimum absolute atomic E-state index is 0.0849. The zero-order valence-corrected chi connectivity index (χ0v) is 25.5. The fraction of sp³-hybridized carbons (Fsp3) is 0.389. The Morgan fingerprint density at radius 2 is 1.11 bits per heavy atom. The molecule has 6 heterocycles. The van der Waals surface area contributed by atoms with Crippen LogP contribution < -0.4 is 21.3 Å². The first-order valence-corrected chi connectivity index (χ1v) is 16.4. The van der Waals surface area contributed by atoms with Crippen LogP contribution in [0.1, 0.15) is 49.3 Å². The molecule has 0 radical (unpaired) electrons. The van der Waals surface area contributed by atoms with Gasteiger partial charge in [0.1, 0.15) is 36.5 Å². The van der Waals surface area contributed by atoms with E-state index in [1.807, 2.05) is 73.7 Å². The molecule has 4 N–H and O–H groups in total. The lowest BCUT2D eigenvalue weighted by molar-refractivity contribution is -0.149. The van der Waals surface area contributed by atoms with Crippen molar-refractivity contribution in [2.45, 2.75) is 86.4 Å². The summed E-state index contributed by atoms with van der Waals surface area (Å²) < 4.78 is 0. The lowest BCUT2D eigenvalue weighted by atomic mass is 9.54. The number of hydrogen-bond acceptors (Lipinski definition) is 6. The molecule has 3 aromatic rings. The molecule has 46 heavy (non-hydrogen) atoms. The van der Waals surface area contributed by atoms with Gasteiger partial charge in [-0.2, -0.15) is 0 Å². The Morgan fingerprint density at radius 3 is 1.65 bits per heavy atom. The van der Waals surface area contributed by atoms with E-state index < -0.39 is 47.3 Å². The lowest BCUT2D eigenvalue weighted by Crippen LogP contribution is -2.66. The first-order valence-electron chi connectivity index (χ1n) is 16.4. The normalized spacial score (nSPS) is 34.8. The van der Waals surface area contributed by atoms with Gasteiger partial charge in [0.25, 0.3) is 0 Å². The maximum Gasteiger partial charge on any atom is 0.247 e. The Bertz CT molecular complexity index is 1810. The van der Waals surface area contributed by atoms with Gasteiger partial charge in [-0.15, -0.1) is 0 Å². The average molecular weight is 617 g/mol. The molecular formula is C36H36N6O4. The van der Waals surface area contributed by atoms with Crippen LogP contribution in [0.3, 0.4) is 0 Å². The number of rotatable bonds is 5. The van der Waals surface area contributed by atoms with Crippen molar-refractivity contribution in [3.63, 3.8) is 0 Å². The highest BCUT2D eigenvalue weighted by molar-refractivity contribution is 6.01. The molecule has 10 nitrogen and oxygen atoms in total. The summed E-state index contributed by atoms with van der Waals surface area (Å²) in [6.07, 6.45) is 1.35. The summed E-state index contributed by atoms with van der Waals surface area (Å²) >= 11 is 0. The Hall–Kier alpha value is -4.86. The molecule has 4 amide bonds. The predicted octanol–water partition coefficient (Wildman–Crippen LogP) is 2.61. The second-order valence-electron chi connectivity index (χ2n) is 13.7. The fourth-order valence-electron chi connectivity index (χ4n) is 9.88. The average Bonchev–Trinajstić information content (AvgIpc) is 3.77. The summed E-state index contributed by atoms with van der Waals surface area (Å²) in [5, 5.41) is 13.5. The van der Waals surface area contributed by atoms with Crippen LogP contribution in [-0.2, 0) is 36.4 Å². The van der Waals surface area contributed by atoms with Crippen LogP contribution in [0.5, 0.6) is 0 Å². The number of nitrogens with one attached hydrogen (secondary N) is 4. The molecule has 0 spiro atoms. The van der Waals surface area contributed by atoms with Gasteiger partial charge in [0.2, 0.25) is 23.6 Å². The number of carbonyl (C=O) groups is 4. The molecule has 4 saturated heterocycles. The Morgan fingerprint density at radius 1 is 0.630 bits per heavy atom. The van der Waals surface area contributed by atoms with E-state index in [1.54, 1.807) is 9.80 Å². The van der Waals surface area contributed by atoms with Crippen molar-refractivity contribution in [3.05, 3.63) is 95.6 Å². The quantitative estimate of drug-likeness (QED) is 0.350. The van der Waals surface area contributed by atoms with E-state index in [9.17, 15) is 19.2 Å². The van der Waals surface area contributed by atoms with Crippen LogP contribution in [0.25, 0.3) is 0 Å². The van der Waals surface area contributed by atoms with E-state index in [2.05, 4.69) is 33.4 Å². The van der Waals surface area contributed by atoms with Gasteiger partial charge in [-0.3, -0.25) is 19.2 Å². The van der Waals surface area contributed by atoms with Gasteiger partial charge in [-0.1, -0.05) is 80.1 Å². The molecule has 4 fully saturated rings. The largest absolute Gasteiger partial charge is 0.364 e. The number of amides is 4. The van der Waals surface area contributed by atoms with E-state index in [0.717, 1.165) is 34.5 Å². The first-order chi connectivity index (χ1) is 22.4. The molecular weight excluding hydrogens is 580 g/mol. The van der Waals surface area contributed by atoms with E-state index in [-0.39, 0.29) is 23.6 Å². The molecule has 8 atom stereocenters. The number of fused-ring (bicyclic) bond motifs is 11. The molecule has 0 saturated carbocycles. The molecule has 0 aromatic heterocycles. The van der Waals surface area contributed by atoms with Crippen molar-refractivity contribution in [1.29, 1.82) is 0 Å². The SMILES string of the molecule is CCC[C@@H]1NC(=O)[C@@H]2CC3(C45C[C@H]6C(=O)N[C@@H](Cc7ccccc7)C(=O)N6[C@H]4Nc4ccccc45)c4ccccc4N[C@@H]3N2C1=O. The number of piperazine rings is 2. The second-order valence-corrected chi connectivity index (χ2v) is 13.7. The maximum absolute atomic E-state index is 14.5. The van der Waals surface area contributed by atoms with E-state index in [1.165, 1.54) is 0 Å². The van der Waals surface area contributed by atoms with Gasteiger partial charge < -0.3 is 31.1 Å². The monoisotopic (exact) mass is 616 g/mol. The molecule has 3 aromatic carbocycles. The molecule has 10 heteroatoms. The summed E-state index contributed by atoms with van der Waals surface area (Å²) in [7, 11) is 0. The minimum Gasteiger partial charge on any atom is -0.364 e. The fourth-order valence-corrected chi connectivity index (χ4v) is 9.88. The third-order valence-corrected chi connectivity index (χ3v) is 11.6. The van der Waals surface area contributed by atoms with E-state index in [4.69, 9.17) is 0 Å². The lowest BCUT2D eigenvalue weighted by Gasteiger charge is -2.48. The highest BCUT2D eigenvalue weighted by Gasteiger charge is 2.78. The van der Waals surface area contributed by atoms with Crippen molar-refractivity contribution in [2.75, 3.05) is 10.6 Å². The smallest absolute Gasteiger partial charge is 0.247 e. The van der Waals surface area contributed by atoms with Crippen LogP contribution in [0.2, 0.25) is 0 Å². The van der Waals surface area contributed by atoms with E-state index >= 15 is 0 Å². The van der Waals surface area contributed by atoms with Gasteiger partial charge in [0, 0.05) is 17.8 Å². The van der Waals surface area contributed by atoms with Gasteiger partial charge in [0.05, 0.1) is 10.8 Å². The van der Waals surface area contributed by atoms with Crippen LogP contribution in [0.4, 0.5) is 11.4 Å². The van der Waals surface area contributed by atoms with Gasteiger partial charge >= 0.3 is 0 Å². The molecule has 0 aliphatic carbocycles. The van der Waals surface area contributed by atoms with Crippen molar-refractivity contribution in [2.24, 2.45) is 0 Å². The van der Waals surface area contributed by atoms with Crippen LogP contribution in [0.15, 0.2) is 78.9 Å². The number of hydrogen-bond donors (Lipinski definition) is 4. The van der Waals surface area contributed by atoms with E-state index in [0.29, 0.717) is 25.7 Å². The highest BCUT2D eigenvalue weighted by atomic mass is 16.2. The molecule has 234 valence electrons. The molecule has 6 aliphatic heterocycles. The van der Waals surface area contributed by atoms with Crippen molar-refractivity contribution < 1.29 is 19.2 Å². The Balaban J connectivity index is 1.23. The van der Waals surface area contributed by atoms with Crippen LogP contribution in [0, 0.1) is 0 Å². The summed E-state index contributed by atoms with van der Waals surface area (Å²) in [6, 6.07) is 23.3. The van der Waals surface area contributed by atoms with Crippen LogP contribution >= 0.6 is 0 Å². The predicted molar refractivity (Wildman–Crippen MR) is 170 cm³/mol. The third kappa shape index (κ3) is 3.31. The Kier molecular flexibility index (Phi) is 5.71. The topological polar surface area (TPSA) is 123 Å². The van der Waals surface area contributed by atoms with Crippen LogP contribution in [-0.4, -0.2) is 69.9 Å². The Labute approximate surface area is 266 Å². The maximum atomic E-state index is 14.5. The first kappa shape index (κ1) is 27.5. The van der Waals surface area contributed by atoms with Crippen molar-refractivity contribution >= 4 is 35.0 Å². The molecule has 6 aliphatic rings. The van der Waals surface area contributed by atoms with Crippen molar-refractivity contribution in [1.82, 2.24) is 20.4 Å². The number of benzene rings is 3. The minimum atomic E-state index is -0.828. The number of carbonyl (C=O) groups excluding carboxylic acids is 4. The zero-order chi connectivity index (χ0) is 31.4. The highest BCUT2D eigenvalue weighted by Crippen LogP contribution is 2.68. The molecule has 9 rings (SSSR count). The summed E-state index contributed by atoms with van der Waals surface area (Å²) in [5.74, 6) is -0.530. The van der Waals surface area contributed by atoms with Gasteiger partial charge in [-0.05, 0) is 48.1 Å². The summed E-state index contributed by atoms with van der Waals surface area (Å²) in [6.45, 7) is 2.01. The number of nitrogens with zero attached hydrogens (tertiary/aromatic N) is 2. The third-order valence-electron chi connectivity index (χ3n) is 11.6. The number of anilines is 2. The summed E-state index contributed by atoms with van der Waals surface area (Å²) in [5.41, 5.74) is 3.17. The van der Waals surface area contributed by atoms with Gasteiger partial charge in [-0.25, -0.2) is 0 Å². The summed E-state index contributed by atoms with van der Waals surface area (Å²) in [4.78, 5) is 60.2. The molecule has 0 bridgehead atoms. The van der Waals surface area contributed by atoms with Gasteiger partial charge in [0.15, 0.2) is 0 Å². The van der Waals surface area contributed by atoms with Crippen molar-refractivity contribution in [3.8, 4) is 0 Å². The molecule has 2 unspecified atom stereocenters. The number of para-hydroxylation sites is 2. The second kappa shape index (κ2) is 9.57. The zero-order valence-electron chi connectivity index (χ0n) is 25.5. The standard InChI is InChI=1S/C36H36N6O4/c1-2-10-25-31(45)41-27(29(43)37-25)18-35(21-13-6-8-15-23(21)39-33(35)41)36-19-28-30(44)38-26(17-20-11-4-3-5-12-20)32(46)42(28)34(36)40-24-16-9-7-14-22(24)36/h3-9,11-16,25-28,33-34,39-40H,2,10,17-19H2,1H3,(H,37,43)(H,38,44)/t25-,26-,27-,28-,33+,34+,35?,36?/m0/s1.